The number of imide groups is 1. The number of carbonyl (C=O) groups excluding carboxylic acids is 3. The van der Waals surface area contributed by atoms with Crippen LogP contribution in [0.4, 0.5) is 14.9 Å². The highest BCUT2D eigenvalue weighted by Crippen LogP contribution is 2.16. The molecule has 0 saturated carbocycles. The average molecular weight is 353 g/mol. The Morgan fingerprint density at radius 2 is 1.96 bits per heavy atom. The predicted octanol–water partition coefficient (Wildman–Crippen LogP) is 2.67. The van der Waals surface area contributed by atoms with E-state index in [2.05, 4.69) is 10.6 Å². The molecule has 0 radical (unpaired) electrons. The van der Waals surface area contributed by atoms with E-state index in [1.807, 2.05) is 13.0 Å². The molecule has 0 atom stereocenters. The molecule has 2 aromatic rings. The van der Waals surface area contributed by atoms with Gasteiger partial charge in [0.2, 0.25) is 5.91 Å². The molecule has 0 spiro atoms. The van der Waals surface area contributed by atoms with Crippen LogP contribution in [-0.4, -0.2) is 29.3 Å². The van der Waals surface area contributed by atoms with Crippen molar-refractivity contribution in [3.05, 3.63) is 71.2 Å². The molecule has 1 aliphatic heterocycles. The molecule has 0 bridgehead atoms. The summed E-state index contributed by atoms with van der Waals surface area (Å²) in [6.45, 7) is 1.44. The van der Waals surface area contributed by atoms with Gasteiger partial charge in [0.05, 0.1) is 0 Å². The standard InChI is InChI=1S/C19H16FN3O3/c1-12-5-4-7-14(9-12)21-17(24)11-23-18(25)16(22-19(23)26)10-13-6-2-3-8-15(13)20/h2-10H,11H2,1H3,(H,21,24)(H,22,26)/b16-10+. The van der Waals surface area contributed by atoms with Crippen molar-refractivity contribution in [2.45, 2.75) is 6.92 Å². The quantitative estimate of drug-likeness (QED) is 0.655. The van der Waals surface area contributed by atoms with Gasteiger partial charge in [-0.3, -0.25) is 9.59 Å². The van der Waals surface area contributed by atoms with Gasteiger partial charge in [0, 0.05) is 11.3 Å². The molecule has 26 heavy (non-hydrogen) atoms. The summed E-state index contributed by atoms with van der Waals surface area (Å²) >= 11 is 0. The molecule has 0 unspecified atom stereocenters. The maximum Gasteiger partial charge on any atom is 0.329 e. The van der Waals surface area contributed by atoms with Crippen LogP contribution in [-0.2, 0) is 9.59 Å². The van der Waals surface area contributed by atoms with Gasteiger partial charge in [-0.05, 0) is 36.8 Å². The zero-order chi connectivity index (χ0) is 18.7. The van der Waals surface area contributed by atoms with Gasteiger partial charge >= 0.3 is 6.03 Å². The highest BCUT2D eigenvalue weighted by atomic mass is 19.1. The van der Waals surface area contributed by atoms with Gasteiger partial charge in [-0.15, -0.1) is 0 Å². The lowest BCUT2D eigenvalue weighted by Crippen LogP contribution is -2.38. The number of nitrogens with zero attached hydrogens (tertiary/aromatic N) is 1. The van der Waals surface area contributed by atoms with Gasteiger partial charge in [0.15, 0.2) is 0 Å². The van der Waals surface area contributed by atoms with Crippen LogP contribution in [0.2, 0.25) is 0 Å². The van der Waals surface area contributed by atoms with Crippen molar-refractivity contribution < 1.29 is 18.8 Å². The zero-order valence-electron chi connectivity index (χ0n) is 14.0. The van der Waals surface area contributed by atoms with E-state index in [0.717, 1.165) is 10.5 Å². The minimum absolute atomic E-state index is 0.0801. The fourth-order valence-electron chi connectivity index (χ4n) is 2.53. The molecule has 6 nitrogen and oxygen atoms in total. The largest absolute Gasteiger partial charge is 0.329 e. The monoisotopic (exact) mass is 353 g/mol. The zero-order valence-corrected chi connectivity index (χ0v) is 14.0. The molecule has 1 heterocycles. The summed E-state index contributed by atoms with van der Waals surface area (Å²) in [5.74, 6) is -1.71. The van der Waals surface area contributed by atoms with E-state index in [-0.39, 0.29) is 11.3 Å². The average Bonchev–Trinajstić information content (AvgIpc) is 2.84. The number of hydrogen-bond acceptors (Lipinski definition) is 3. The molecule has 132 valence electrons. The molecule has 1 saturated heterocycles. The van der Waals surface area contributed by atoms with E-state index < -0.39 is 30.2 Å². The van der Waals surface area contributed by atoms with Crippen molar-refractivity contribution in [2.24, 2.45) is 0 Å². The number of aryl methyl sites for hydroxylation is 1. The van der Waals surface area contributed by atoms with Gasteiger partial charge in [-0.2, -0.15) is 0 Å². The van der Waals surface area contributed by atoms with Crippen LogP contribution in [0.3, 0.4) is 0 Å². The Morgan fingerprint density at radius 1 is 1.19 bits per heavy atom. The third-order valence-electron chi connectivity index (χ3n) is 3.77. The number of halogens is 1. The molecule has 0 aliphatic carbocycles. The summed E-state index contributed by atoms with van der Waals surface area (Å²) in [6, 6.07) is 12.3. The van der Waals surface area contributed by atoms with Gasteiger partial charge in [-0.1, -0.05) is 30.3 Å². The van der Waals surface area contributed by atoms with Gasteiger partial charge in [0.1, 0.15) is 18.1 Å². The molecule has 2 aromatic carbocycles. The van der Waals surface area contributed by atoms with Crippen LogP contribution in [0, 0.1) is 12.7 Å². The van der Waals surface area contributed by atoms with E-state index in [4.69, 9.17) is 0 Å². The molecule has 3 rings (SSSR count). The smallest absolute Gasteiger partial charge is 0.325 e. The lowest BCUT2D eigenvalue weighted by Gasteiger charge is -2.12. The van der Waals surface area contributed by atoms with Crippen molar-refractivity contribution in [3.63, 3.8) is 0 Å². The first-order valence-corrected chi connectivity index (χ1v) is 7.89. The number of urea groups is 1. The van der Waals surface area contributed by atoms with Gasteiger partial charge in [0.25, 0.3) is 5.91 Å². The van der Waals surface area contributed by atoms with Crippen molar-refractivity contribution in [2.75, 3.05) is 11.9 Å². The molecular formula is C19H16FN3O3. The highest BCUT2D eigenvalue weighted by molar-refractivity contribution is 6.15. The summed E-state index contributed by atoms with van der Waals surface area (Å²) in [5, 5.41) is 4.99. The first-order valence-electron chi connectivity index (χ1n) is 7.89. The minimum Gasteiger partial charge on any atom is -0.325 e. The predicted molar refractivity (Wildman–Crippen MR) is 94.4 cm³/mol. The number of nitrogens with one attached hydrogen (secondary N) is 2. The van der Waals surface area contributed by atoms with E-state index in [1.165, 1.54) is 24.3 Å². The number of anilines is 1. The maximum atomic E-state index is 13.7. The van der Waals surface area contributed by atoms with Gasteiger partial charge < -0.3 is 10.6 Å². The molecule has 7 heteroatoms. The van der Waals surface area contributed by atoms with E-state index in [1.54, 1.807) is 24.3 Å². The van der Waals surface area contributed by atoms with Crippen LogP contribution in [0.25, 0.3) is 6.08 Å². The Labute approximate surface area is 149 Å². The Hall–Kier alpha value is -3.48. The summed E-state index contributed by atoms with van der Waals surface area (Å²) in [5.41, 5.74) is 1.63. The van der Waals surface area contributed by atoms with Crippen LogP contribution < -0.4 is 10.6 Å². The van der Waals surface area contributed by atoms with Crippen molar-refractivity contribution in [1.29, 1.82) is 0 Å². The summed E-state index contributed by atoms with van der Waals surface area (Å²) in [7, 11) is 0. The number of rotatable bonds is 4. The second-order valence-corrected chi connectivity index (χ2v) is 5.82. The lowest BCUT2D eigenvalue weighted by atomic mass is 10.2. The molecule has 1 fully saturated rings. The summed E-state index contributed by atoms with van der Waals surface area (Å²) in [4.78, 5) is 37.2. The number of hydrogen-bond donors (Lipinski definition) is 2. The minimum atomic E-state index is -0.725. The van der Waals surface area contributed by atoms with Crippen molar-refractivity contribution >= 4 is 29.6 Å². The van der Waals surface area contributed by atoms with Crippen LogP contribution in [0.1, 0.15) is 11.1 Å². The maximum absolute atomic E-state index is 13.7. The topological polar surface area (TPSA) is 78.5 Å². The first kappa shape index (κ1) is 17.3. The molecule has 4 amide bonds. The molecule has 1 aliphatic rings. The Balaban J connectivity index is 1.71. The van der Waals surface area contributed by atoms with Crippen molar-refractivity contribution in [3.8, 4) is 0 Å². The van der Waals surface area contributed by atoms with E-state index in [9.17, 15) is 18.8 Å². The Bertz CT molecular complexity index is 924. The second kappa shape index (κ2) is 7.18. The van der Waals surface area contributed by atoms with Crippen molar-refractivity contribution in [1.82, 2.24) is 10.2 Å². The van der Waals surface area contributed by atoms with E-state index >= 15 is 0 Å². The Kier molecular flexibility index (Phi) is 4.79. The third kappa shape index (κ3) is 3.77. The lowest BCUT2D eigenvalue weighted by molar-refractivity contribution is -0.127. The highest BCUT2D eigenvalue weighted by Gasteiger charge is 2.35. The second-order valence-electron chi connectivity index (χ2n) is 5.82. The number of carbonyl (C=O) groups is 3. The van der Waals surface area contributed by atoms with Crippen LogP contribution >= 0.6 is 0 Å². The fraction of sp³-hybridized carbons (Fsp3) is 0.105. The van der Waals surface area contributed by atoms with Crippen LogP contribution in [0.15, 0.2) is 54.2 Å². The number of amides is 4. The molecular weight excluding hydrogens is 337 g/mol. The molecule has 0 aromatic heterocycles. The summed E-state index contributed by atoms with van der Waals surface area (Å²) < 4.78 is 13.7. The molecule has 2 N–H and O–H groups in total. The van der Waals surface area contributed by atoms with Crippen LogP contribution in [0.5, 0.6) is 0 Å². The first-order chi connectivity index (χ1) is 12.4. The fourth-order valence-corrected chi connectivity index (χ4v) is 2.53. The van der Waals surface area contributed by atoms with Gasteiger partial charge in [-0.25, -0.2) is 14.1 Å². The SMILES string of the molecule is Cc1cccc(NC(=O)CN2C(=O)N/C(=C/c3ccccc3F)C2=O)c1. The third-order valence-corrected chi connectivity index (χ3v) is 3.77. The number of benzene rings is 2. The van der Waals surface area contributed by atoms with E-state index in [0.29, 0.717) is 5.69 Å². The summed E-state index contributed by atoms with van der Waals surface area (Å²) in [6.07, 6.45) is 1.24. The normalized spacial score (nSPS) is 15.3. The Morgan fingerprint density at radius 3 is 2.69 bits per heavy atom.